The number of carbonyl (C=O) groups is 1. The Bertz CT molecular complexity index is 130. The van der Waals surface area contributed by atoms with E-state index in [1.54, 1.807) is 6.07 Å². The molecule has 0 atom stereocenters. The Morgan fingerprint density at radius 1 is 1.86 bits per heavy atom. The van der Waals surface area contributed by atoms with Gasteiger partial charge in [-0.3, -0.25) is 4.79 Å². The highest BCUT2D eigenvalue weighted by atomic mass is 16.1. The fourth-order valence-corrected chi connectivity index (χ4v) is 0.155. The predicted molar refractivity (Wildman–Crippen MR) is 25.4 cm³/mol. The number of hydrogen-bond donors (Lipinski definition) is 0. The third kappa shape index (κ3) is 4.90. The molecule has 2 heteroatoms. The van der Waals surface area contributed by atoms with Crippen LogP contribution in [-0.4, -0.2) is 5.78 Å². The molecule has 0 bridgehead atoms. The SMILES string of the molecule is CC(=O)/C=C/C#N. The Labute approximate surface area is 42.1 Å². The summed E-state index contributed by atoms with van der Waals surface area (Å²) in [6.45, 7) is 1.40. The van der Waals surface area contributed by atoms with Gasteiger partial charge in [-0.2, -0.15) is 5.26 Å². The molecule has 0 aromatic rings. The maximum atomic E-state index is 9.96. The van der Waals surface area contributed by atoms with Crippen LogP contribution in [0.2, 0.25) is 0 Å². The smallest absolute Gasteiger partial charge is 0.153 e. The Kier molecular flexibility index (Phi) is 2.62. The Balaban J connectivity index is 3.53. The van der Waals surface area contributed by atoms with Gasteiger partial charge >= 0.3 is 0 Å². The molecule has 0 heterocycles. The van der Waals surface area contributed by atoms with Gasteiger partial charge < -0.3 is 0 Å². The molecule has 0 aromatic carbocycles. The van der Waals surface area contributed by atoms with Crippen LogP contribution in [-0.2, 0) is 4.79 Å². The highest BCUT2D eigenvalue weighted by Gasteiger charge is 1.75. The van der Waals surface area contributed by atoms with Crippen molar-refractivity contribution in [2.45, 2.75) is 6.92 Å². The molecule has 0 saturated heterocycles. The van der Waals surface area contributed by atoms with E-state index in [0.29, 0.717) is 0 Å². The molecule has 0 unspecified atom stereocenters. The molecule has 36 valence electrons. The third-order valence-electron chi connectivity index (χ3n) is 0.393. The Morgan fingerprint density at radius 3 is 2.57 bits per heavy atom. The highest BCUT2D eigenvalue weighted by molar-refractivity contribution is 5.87. The van der Waals surface area contributed by atoms with Crippen LogP contribution >= 0.6 is 0 Å². The van der Waals surface area contributed by atoms with Crippen LogP contribution in [0.25, 0.3) is 0 Å². The van der Waals surface area contributed by atoms with E-state index in [1.807, 2.05) is 0 Å². The molecule has 0 fully saturated rings. The minimum atomic E-state index is -0.0958. The summed E-state index contributed by atoms with van der Waals surface area (Å²) in [4.78, 5) is 9.96. The second-order valence-corrected chi connectivity index (χ2v) is 1.07. The lowest BCUT2D eigenvalue weighted by molar-refractivity contribution is -0.112. The third-order valence-corrected chi connectivity index (χ3v) is 0.393. The average molecular weight is 95.1 g/mol. The van der Waals surface area contributed by atoms with E-state index in [-0.39, 0.29) is 5.78 Å². The van der Waals surface area contributed by atoms with Crippen LogP contribution in [0.15, 0.2) is 12.2 Å². The number of nitriles is 1. The number of nitrogens with zero attached hydrogens (tertiary/aromatic N) is 1. The first-order chi connectivity index (χ1) is 3.27. The molecule has 0 spiro atoms. The summed E-state index contributed by atoms with van der Waals surface area (Å²) < 4.78 is 0. The molecule has 0 saturated carbocycles. The first kappa shape index (κ1) is 5.90. The second-order valence-electron chi connectivity index (χ2n) is 1.07. The second kappa shape index (κ2) is 3.10. The van der Waals surface area contributed by atoms with E-state index in [4.69, 9.17) is 5.26 Å². The monoisotopic (exact) mass is 95.0 g/mol. The van der Waals surface area contributed by atoms with Crippen LogP contribution in [0.4, 0.5) is 0 Å². The van der Waals surface area contributed by atoms with Crippen LogP contribution < -0.4 is 0 Å². The molecular formula is C5H5NO. The normalized spacial score (nSPS) is 8.57. The summed E-state index contributed by atoms with van der Waals surface area (Å²) in [5.74, 6) is -0.0958. The van der Waals surface area contributed by atoms with Crippen LogP contribution in [0, 0.1) is 11.3 Å². The Morgan fingerprint density at radius 2 is 2.43 bits per heavy atom. The van der Waals surface area contributed by atoms with Gasteiger partial charge in [-0.1, -0.05) is 0 Å². The van der Waals surface area contributed by atoms with Crippen molar-refractivity contribution in [1.82, 2.24) is 0 Å². The quantitative estimate of drug-likeness (QED) is 0.354. The molecular weight excluding hydrogens is 90.1 g/mol. The van der Waals surface area contributed by atoms with Gasteiger partial charge in [0.1, 0.15) is 0 Å². The molecule has 2 nitrogen and oxygen atoms in total. The molecule has 0 aliphatic carbocycles. The molecule has 0 aliphatic rings. The van der Waals surface area contributed by atoms with Crippen molar-refractivity contribution in [3.8, 4) is 6.07 Å². The van der Waals surface area contributed by atoms with Crippen LogP contribution in [0.3, 0.4) is 0 Å². The molecule has 0 N–H and O–H groups in total. The van der Waals surface area contributed by atoms with Crippen LogP contribution in [0.5, 0.6) is 0 Å². The maximum absolute atomic E-state index is 9.96. The van der Waals surface area contributed by atoms with E-state index in [2.05, 4.69) is 0 Å². The minimum Gasteiger partial charge on any atom is -0.295 e. The van der Waals surface area contributed by atoms with Crippen molar-refractivity contribution in [2.75, 3.05) is 0 Å². The van der Waals surface area contributed by atoms with Gasteiger partial charge in [0.25, 0.3) is 0 Å². The van der Waals surface area contributed by atoms with E-state index < -0.39 is 0 Å². The maximum Gasteiger partial charge on any atom is 0.153 e. The summed E-state index contributed by atoms with van der Waals surface area (Å²) in [5.41, 5.74) is 0. The summed E-state index contributed by atoms with van der Waals surface area (Å²) in [7, 11) is 0. The molecule has 0 rings (SSSR count). The molecule has 0 amide bonds. The number of hydrogen-bond acceptors (Lipinski definition) is 2. The van der Waals surface area contributed by atoms with Gasteiger partial charge in [-0.25, -0.2) is 0 Å². The Hall–Kier alpha value is -1.10. The molecule has 0 aliphatic heterocycles. The average Bonchev–Trinajstić information content (AvgIpc) is 1.61. The van der Waals surface area contributed by atoms with E-state index in [1.165, 1.54) is 13.0 Å². The van der Waals surface area contributed by atoms with E-state index >= 15 is 0 Å². The van der Waals surface area contributed by atoms with Crippen molar-refractivity contribution in [1.29, 1.82) is 5.26 Å². The van der Waals surface area contributed by atoms with E-state index in [9.17, 15) is 4.79 Å². The number of carbonyl (C=O) groups excluding carboxylic acids is 1. The standard InChI is InChI=1S/C5H5NO/c1-5(7)3-2-4-6/h2-3H,1H3/b3-2+. The summed E-state index contributed by atoms with van der Waals surface area (Å²) in [6, 6.07) is 1.70. The van der Waals surface area contributed by atoms with Gasteiger partial charge in [0.05, 0.1) is 6.07 Å². The van der Waals surface area contributed by atoms with Crippen molar-refractivity contribution >= 4 is 5.78 Å². The molecule has 0 radical (unpaired) electrons. The van der Waals surface area contributed by atoms with Crippen molar-refractivity contribution in [3.63, 3.8) is 0 Å². The van der Waals surface area contributed by atoms with Gasteiger partial charge in [0.2, 0.25) is 0 Å². The van der Waals surface area contributed by atoms with Gasteiger partial charge in [0, 0.05) is 6.08 Å². The molecule has 0 aromatic heterocycles. The minimum absolute atomic E-state index is 0.0958. The first-order valence-electron chi connectivity index (χ1n) is 1.84. The van der Waals surface area contributed by atoms with Gasteiger partial charge in [-0.05, 0) is 13.0 Å². The number of rotatable bonds is 1. The molecule has 7 heavy (non-hydrogen) atoms. The highest BCUT2D eigenvalue weighted by Crippen LogP contribution is 1.69. The first-order valence-corrected chi connectivity index (χ1v) is 1.84. The lowest BCUT2D eigenvalue weighted by Gasteiger charge is -1.66. The lowest BCUT2D eigenvalue weighted by atomic mass is 10.4. The van der Waals surface area contributed by atoms with Crippen molar-refractivity contribution in [2.24, 2.45) is 0 Å². The van der Waals surface area contributed by atoms with Crippen LogP contribution in [0.1, 0.15) is 6.92 Å². The van der Waals surface area contributed by atoms with Crippen molar-refractivity contribution < 1.29 is 4.79 Å². The predicted octanol–water partition coefficient (Wildman–Crippen LogP) is 0.655. The lowest BCUT2D eigenvalue weighted by Crippen LogP contribution is -1.76. The zero-order valence-corrected chi connectivity index (χ0v) is 4.01. The fraction of sp³-hybridized carbons (Fsp3) is 0.200. The summed E-state index contributed by atoms with van der Waals surface area (Å²) >= 11 is 0. The number of allylic oxidation sites excluding steroid dienone is 2. The largest absolute Gasteiger partial charge is 0.295 e. The zero-order chi connectivity index (χ0) is 5.70. The number of ketones is 1. The van der Waals surface area contributed by atoms with Crippen molar-refractivity contribution in [3.05, 3.63) is 12.2 Å². The zero-order valence-electron chi connectivity index (χ0n) is 4.01. The summed E-state index contributed by atoms with van der Waals surface area (Å²) in [6.07, 6.45) is 2.38. The van der Waals surface area contributed by atoms with E-state index in [0.717, 1.165) is 6.08 Å². The summed E-state index contributed by atoms with van der Waals surface area (Å²) in [5, 5.41) is 7.83. The topological polar surface area (TPSA) is 40.9 Å². The fourth-order valence-electron chi connectivity index (χ4n) is 0.155. The van der Waals surface area contributed by atoms with Gasteiger partial charge in [-0.15, -0.1) is 0 Å². The van der Waals surface area contributed by atoms with Gasteiger partial charge in [0.15, 0.2) is 5.78 Å².